The smallest absolute Gasteiger partial charge is 0.335 e. The zero-order valence-electron chi connectivity index (χ0n) is 20.1. The van der Waals surface area contributed by atoms with Crippen molar-refractivity contribution in [3.8, 4) is 11.5 Å². The summed E-state index contributed by atoms with van der Waals surface area (Å²) >= 11 is 15.6. The second-order valence-corrected chi connectivity index (χ2v) is 9.92. The number of amides is 4. The third-order valence-corrected chi connectivity index (χ3v) is 6.74. The van der Waals surface area contributed by atoms with E-state index in [9.17, 15) is 14.4 Å². The summed E-state index contributed by atoms with van der Waals surface area (Å²) < 4.78 is 12.4. The molecule has 1 N–H and O–H groups in total. The van der Waals surface area contributed by atoms with Crippen LogP contribution in [0.5, 0.6) is 11.5 Å². The lowest BCUT2D eigenvalue weighted by molar-refractivity contribution is -0.122. The number of hydrogen-bond acceptors (Lipinski definition) is 5. The molecule has 3 aromatic rings. The number of carbonyl (C=O) groups excluding carboxylic acids is 3. The molecule has 1 saturated heterocycles. The highest BCUT2D eigenvalue weighted by Gasteiger charge is 2.36. The molecule has 0 saturated carbocycles. The number of carbonyl (C=O) groups is 3. The topological polar surface area (TPSA) is 84.9 Å². The largest absolute Gasteiger partial charge is 0.493 e. The number of anilines is 1. The minimum atomic E-state index is -0.825. The van der Waals surface area contributed by atoms with Gasteiger partial charge in [0, 0.05) is 25.6 Å². The van der Waals surface area contributed by atoms with Crippen LogP contribution in [-0.4, -0.2) is 25.0 Å². The van der Waals surface area contributed by atoms with Crippen molar-refractivity contribution in [1.82, 2.24) is 5.32 Å². The number of urea groups is 1. The number of imide groups is 2. The summed E-state index contributed by atoms with van der Waals surface area (Å²) in [7, 11) is 1.48. The van der Waals surface area contributed by atoms with Crippen molar-refractivity contribution in [3.63, 3.8) is 0 Å². The first-order chi connectivity index (χ1) is 18.2. The van der Waals surface area contributed by atoms with Gasteiger partial charge in [-0.3, -0.25) is 14.9 Å². The molecule has 1 aliphatic rings. The van der Waals surface area contributed by atoms with E-state index in [0.29, 0.717) is 44.8 Å². The van der Waals surface area contributed by atoms with Gasteiger partial charge >= 0.3 is 6.03 Å². The van der Waals surface area contributed by atoms with Crippen molar-refractivity contribution in [2.24, 2.45) is 0 Å². The summed E-state index contributed by atoms with van der Waals surface area (Å²) in [5.41, 5.74) is 2.06. The van der Waals surface area contributed by atoms with Gasteiger partial charge in [-0.15, -0.1) is 6.58 Å². The monoisotopic (exact) mass is 614 g/mol. The minimum absolute atomic E-state index is 0.155. The van der Waals surface area contributed by atoms with Crippen molar-refractivity contribution >= 4 is 68.7 Å². The molecule has 4 rings (SSSR count). The van der Waals surface area contributed by atoms with E-state index in [4.69, 9.17) is 32.7 Å². The van der Waals surface area contributed by atoms with Crippen LogP contribution in [-0.2, 0) is 22.6 Å². The van der Waals surface area contributed by atoms with Crippen molar-refractivity contribution in [2.75, 3.05) is 12.0 Å². The van der Waals surface area contributed by atoms with Gasteiger partial charge in [0.05, 0.1) is 12.8 Å². The van der Waals surface area contributed by atoms with Gasteiger partial charge in [-0.2, -0.15) is 0 Å². The summed E-state index contributed by atoms with van der Waals surface area (Å²) in [6.07, 6.45) is 3.52. The summed E-state index contributed by atoms with van der Waals surface area (Å²) in [6.45, 7) is 3.96. The summed E-state index contributed by atoms with van der Waals surface area (Å²) in [5, 5.41) is 3.21. The number of nitrogens with zero attached hydrogens (tertiary/aromatic N) is 1. The van der Waals surface area contributed by atoms with E-state index in [-0.39, 0.29) is 12.2 Å². The van der Waals surface area contributed by atoms with Gasteiger partial charge in [0.2, 0.25) is 0 Å². The third kappa shape index (κ3) is 5.93. The number of allylic oxidation sites excluding steroid dienone is 1. The average Bonchev–Trinajstić information content (AvgIpc) is 2.87. The molecule has 4 amide bonds. The third-order valence-electron chi connectivity index (χ3n) is 5.62. The Morgan fingerprint density at radius 2 is 1.76 bits per heavy atom. The summed E-state index contributed by atoms with van der Waals surface area (Å²) in [4.78, 5) is 39.3. The van der Waals surface area contributed by atoms with Crippen LogP contribution in [0.1, 0.15) is 16.7 Å². The molecule has 10 heteroatoms. The Morgan fingerprint density at radius 3 is 2.42 bits per heavy atom. The molecule has 1 fully saturated rings. The van der Waals surface area contributed by atoms with Crippen LogP contribution >= 0.6 is 39.1 Å². The maximum absolute atomic E-state index is 13.3. The molecule has 0 atom stereocenters. The number of halogens is 3. The molecule has 0 bridgehead atoms. The lowest BCUT2D eigenvalue weighted by atomic mass is 10.0. The predicted octanol–water partition coefficient (Wildman–Crippen LogP) is 6.74. The van der Waals surface area contributed by atoms with Gasteiger partial charge in [0.25, 0.3) is 11.8 Å². The zero-order valence-corrected chi connectivity index (χ0v) is 23.2. The van der Waals surface area contributed by atoms with E-state index < -0.39 is 17.8 Å². The van der Waals surface area contributed by atoms with E-state index in [0.717, 1.165) is 14.9 Å². The second kappa shape index (κ2) is 11.9. The first kappa shape index (κ1) is 27.4. The number of ether oxygens (including phenoxy) is 2. The molecule has 0 aromatic heterocycles. The Kier molecular flexibility index (Phi) is 8.56. The van der Waals surface area contributed by atoms with Gasteiger partial charge in [-0.1, -0.05) is 51.3 Å². The number of hydrogen-bond donors (Lipinski definition) is 1. The van der Waals surface area contributed by atoms with Crippen LogP contribution in [0.2, 0.25) is 10.0 Å². The zero-order chi connectivity index (χ0) is 27.4. The lowest BCUT2D eigenvalue weighted by Gasteiger charge is -2.26. The van der Waals surface area contributed by atoms with E-state index >= 15 is 0 Å². The fourth-order valence-electron chi connectivity index (χ4n) is 3.83. The fraction of sp³-hybridized carbons (Fsp3) is 0.107. The van der Waals surface area contributed by atoms with Gasteiger partial charge in [-0.25, -0.2) is 9.69 Å². The highest BCUT2D eigenvalue weighted by Crippen LogP contribution is 2.36. The number of rotatable bonds is 8. The highest BCUT2D eigenvalue weighted by atomic mass is 79.9. The van der Waals surface area contributed by atoms with Crippen LogP contribution in [0.3, 0.4) is 0 Å². The molecule has 194 valence electrons. The summed E-state index contributed by atoms with van der Waals surface area (Å²) in [5.74, 6) is -0.698. The Hall–Kier alpha value is -3.59. The van der Waals surface area contributed by atoms with Gasteiger partial charge in [0.15, 0.2) is 11.5 Å². The van der Waals surface area contributed by atoms with Crippen LogP contribution in [0.25, 0.3) is 6.08 Å². The molecule has 1 heterocycles. The van der Waals surface area contributed by atoms with Gasteiger partial charge in [0.1, 0.15) is 12.2 Å². The maximum Gasteiger partial charge on any atom is 0.335 e. The first-order valence-electron chi connectivity index (χ1n) is 11.3. The van der Waals surface area contributed by atoms with Crippen molar-refractivity contribution in [2.45, 2.75) is 13.0 Å². The molecule has 0 spiro atoms. The SMILES string of the molecule is C=CCc1cc(/C=C2\C(=O)NC(=O)N(c3ccc(Br)cc3)C2=O)cc(OC)c1OCc1ccc(Cl)cc1Cl. The van der Waals surface area contributed by atoms with E-state index in [1.54, 1.807) is 60.7 Å². The molecule has 1 aliphatic heterocycles. The molecule has 0 radical (unpaired) electrons. The molecular formula is C28H21BrCl2N2O5. The Labute approximate surface area is 237 Å². The Bertz CT molecular complexity index is 1470. The summed E-state index contributed by atoms with van der Waals surface area (Å²) in [6, 6.07) is 14.3. The molecular weight excluding hydrogens is 595 g/mol. The van der Waals surface area contributed by atoms with Crippen LogP contribution < -0.4 is 19.7 Å². The minimum Gasteiger partial charge on any atom is -0.493 e. The van der Waals surface area contributed by atoms with Gasteiger partial charge < -0.3 is 9.47 Å². The number of nitrogens with one attached hydrogen (secondary N) is 1. The lowest BCUT2D eigenvalue weighted by Crippen LogP contribution is -2.54. The molecule has 38 heavy (non-hydrogen) atoms. The van der Waals surface area contributed by atoms with Gasteiger partial charge in [-0.05, 0) is 66.6 Å². The predicted molar refractivity (Wildman–Crippen MR) is 151 cm³/mol. The number of benzene rings is 3. The second-order valence-electron chi connectivity index (χ2n) is 8.16. The quantitative estimate of drug-likeness (QED) is 0.172. The average molecular weight is 616 g/mol. The fourth-order valence-corrected chi connectivity index (χ4v) is 4.55. The van der Waals surface area contributed by atoms with Crippen molar-refractivity contribution < 1.29 is 23.9 Å². The molecule has 0 aliphatic carbocycles. The van der Waals surface area contributed by atoms with Crippen LogP contribution in [0, 0.1) is 0 Å². The Morgan fingerprint density at radius 1 is 1.03 bits per heavy atom. The van der Waals surface area contributed by atoms with Crippen molar-refractivity contribution in [3.05, 3.63) is 104 Å². The highest BCUT2D eigenvalue weighted by molar-refractivity contribution is 9.10. The van der Waals surface area contributed by atoms with E-state index in [1.807, 2.05) is 0 Å². The van der Waals surface area contributed by atoms with E-state index in [2.05, 4.69) is 27.8 Å². The van der Waals surface area contributed by atoms with E-state index in [1.165, 1.54) is 13.2 Å². The van der Waals surface area contributed by atoms with Crippen molar-refractivity contribution in [1.29, 1.82) is 0 Å². The first-order valence-corrected chi connectivity index (χ1v) is 12.8. The number of methoxy groups -OCH3 is 1. The normalized spacial score (nSPS) is 14.5. The molecule has 3 aromatic carbocycles. The standard InChI is InChI=1S/C28H21BrCl2N2O5/c1-3-4-17-11-16(13-24(37-2)25(17)38-15-18-5-8-20(30)14-23(18)31)12-22-26(34)32-28(36)33(27(22)35)21-9-6-19(29)7-10-21/h3,5-14H,1,4,15H2,2H3,(H,32,34,36)/b22-12+. The van der Waals surface area contributed by atoms with Crippen LogP contribution in [0.15, 0.2) is 77.3 Å². The van der Waals surface area contributed by atoms with Crippen LogP contribution in [0.4, 0.5) is 10.5 Å². The number of barbiturate groups is 1. The molecule has 7 nitrogen and oxygen atoms in total. The molecule has 0 unspecified atom stereocenters. The maximum atomic E-state index is 13.3. The Balaban J connectivity index is 1.70.